The Morgan fingerprint density at radius 3 is 2.86 bits per heavy atom. The lowest BCUT2D eigenvalue weighted by molar-refractivity contribution is -0.121. The van der Waals surface area contributed by atoms with Crippen molar-refractivity contribution in [1.29, 1.82) is 0 Å². The van der Waals surface area contributed by atoms with Crippen LogP contribution in [0.1, 0.15) is 18.1 Å². The predicted octanol–water partition coefficient (Wildman–Crippen LogP) is 0.766. The average Bonchev–Trinajstić information content (AvgIpc) is 3.14. The maximum atomic E-state index is 12.6. The summed E-state index contributed by atoms with van der Waals surface area (Å²) in [6.45, 7) is 1.40. The molecule has 0 aliphatic carbocycles. The molecule has 7 nitrogen and oxygen atoms in total. The fourth-order valence-electron chi connectivity index (χ4n) is 2.71. The highest BCUT2D eigenvalue weighted by Crippen LogP contribution is 2.24. The Bertz CT molecular complexity index is 642. The van der Waals surface area contributed by atoms with E-state index >= 15 is 0 Å². The molecule has 2 aromatic rings. The van der Waals surface area contributed by atoms with E-state index in [1.165, 1.54) is 0 Å². The third-order valence-corrected chi connectivity index (χ3v) is 3.85. The zero-order valence-electron chi connectivity index (χ0n) is 12.5. The molecule has 0 bridgehead atoms. The van der Waals surface area contributed by atoms with Crippen LogP contribution in [0.5, 0.6) is 0 Å². The summed E-state index contributed by atoms with van der Waals surface area (Å²) in [5.74, 6) is 1.07. The molecule has 1 amide bonds. The number of benzene rings is 1. The normalized spacial score (nSPS) is 18.4. The standard InChI is InChI=1S/C15H19N5O2/c1-19(10-13-17-14(9-16)22-18-13)12-7-8-20(15(12)21)11-5-3-2-4-6-11/h2-6,12H,7-10,16H2,1H3. The van der Waals surface area contributed by atoms with Gasteiger partial charge in [-0.1, -0.05) is 23.4 Å². The number of anilines is 1. The molecule has 1 aliphatic rings. The molecule has 1 aromatic carbocycles. The van der Waals surface area contributed by atoms with Crippen LogP contribution in [0.15, 0.2) is 34.9 Å². The summed E-state index contributed by atoms with van der Waals surface area (Å²) in [7, 11) is 1.90. The molecular formula is C15H19N5O2. The van der Waals surface area contributed by atoms with Crippen molar-refractivity contribution in [3.8, 4) is 0 Å². The van der Waals surface area contributed by atoms with Crippen LogP contribution >= 0.6 is 0 Å². The van der Waals surface area contributed by atoms with Crippen LogP contribution in [0.4, 0.5) is 5.69 Å². The molecule has 0 saturated carbocycles. The van der Waals surface area contributed by atoms with E-state index in [2.05, 4.69) is 10.1 Å². The third-order valence-electron chi connectivity index (χ3n) is 3.85. The van der Waals surface area contributed by atoms with Crippen molar-refractivity contribution < 1.29 is 9.32 Å². The molecule has 2 N–H and O–H groups in total. The molecule has 1 atom stereocenters. The van der Waals surface area contributed by atoms with Crippen molar-refractivity contribution in [3.05, 3.63) is 42.0 Å². The maximum absolute atomic E-state index is 12.6. The van der Waals surface area contributed by atoms with E-state index in [-0.39, 0.29) is 18.5 Å². The highest BCUT2D eigenvalue weighted by Gasteiger charge is 2.35. The van der Waals surface area contributed by atoms with Crippen molar-refractivity contribution in [3.63, 3.8) is 0 Å². The minimum atomic E-state index is -0.167. The van der Waals surface area contributed by atoms with Crippen molar-refractivity contribution >= 4 is 11.6 Å². The Labute approximate surface area is 128 Å². The lowest BCUT2D eigenvalue weighted by Crippen LogP contribution is -2.39. The lowest BCUT2D eigenvalue weighted by atomic mass is 10.2. The predicted molar refractivity (Wildman–Crippen MR) is 80.9 cm³/mol. The number of amides is 1. The molecular weight excluding hydrogens is 282 g/mol. The quantitative estimate of drug-likeness (QED) is 0.877. The molecule has 0 radical (unpaired) electrons. The summed E-state index contributed by atoms with van der Waals surface area (Å²) in [4.78, 5) is 20.5. The molecule has 2 heterocycles. The van der Waals surface area contributed by atoms with Crippen LogP contribution in [0, 0.1) is 0 Å². The maximum Gasteiger partial charge on any atom is 0.244 e. The second kappa shape index (κ2) is 6.25. The van der Waals surface area contributed by atoms with Gasteiger partial charge >= 0.3 is 0 Å². The van der Waals surface area contributed by atoms with Gasteiger partial charge in [-0.2, -0.15) is 4.98 Å². The van der Waals surface area contributed by atoms with Crippen molar-refractivity contribution in [2.24, 2.45) is 5.73 Å². The number of nitrogens with two attached hydrogens (primary N) is 1. The largest absolute Gasteiger partial charge is 0.338 e. The molecule has 22 heavy (non-hydrogen) atoms. The van der Waals surface area contributed by atoms with Crippen molar-refractivity contribution in [1.82, 2.24) is 15.0 Å². The average molecular weight is 301 g/mol. The molecule has 1 unspecified atom stereocenters. The molecule has 1 fully saturated rings. The number of hydrogen-bond donors (Lipinski definition) is 1. The first-order valence-electron chi connectivity index (χ1n) is 7.27. The Hall–Kier alpha value is -2.25. The summed E-state index contributed by atoms with van der Waals surface area (Å²) in [5, 5.41) is 3.87. The Balaban J connectivity index is 1.66. The zero-order valence-corrected chi connectivity index (χ0v) is 12.5. The SMILES string of the molecule is CN(Cc1noc(CN)n1)C1CCN(c2ccccc2)C1=O. The summed E-state index contributed by atoms with van der Waals surface area (Å²) in [6.07, 6.45) is 0.784. The van der Waals surface area contributed by atoms with E-state index in [1.807, 2.05) is 47.2 Å². The van der Waals surface area contributed by atoms with Gasteiger partial charge < -0.3 is 15.2 Å². The van der Waals surface area contributed by atoms with Gasteiger partial charge in [-0.05, 0) is 25.6 Å². The van der Waals surface area contributed by atoms with E-state index in [4.69, 9.17) is 10.3 Å². The number of carbonyl (C=O) groups is 1. The lowest BCUT2D eigenvalue weighted by Gasteiger charge is -2.22. The van der Waals surface area contributed by atoms with E-state index in [9.17, 15) is 4.79 Å². The number of aromatic nitrogens is 2. The second-order valence-electron chi connectivity index (χ2n) is 5.35. The van der Waals surface area contributed by atoms with Crippen LogP contribution in [0.3, 0.4) is 0 Å². The molecule has 116 valence electrons. The van der Waals surface area contributed by atoms with Gasteiger partial charge in [-0.15, -0.1) is 0 Å². The van der Waals surface area contributed by atoms with E-state index in [1.54, 1.807) is 0 Å². The van der Waals surface area contributed by atoms with Gasteiger partial charge in [-0.25, -0.2) is 0 Å². The number of para-hydroxylation sites is 1. The summed E-state index contributed by atoms with van der Waals surface area (Å²) in [5.41, 5.74) is 6.39. The Kier molecular flexibility index (Phi) is 4.17. The van der Waals surface area contributed by atoms with E-state index < -0.39 is 0 Å². The highest BCUT2D eigenvalue weighted by molar-refractivity contribution is 5.99. The molecule has 3 rings (SSSR count). The number of likely N-dealkylation sites (N-methyl/N-ethyl adjacent to an activating group) is 1. The fourth-order valence-corrected chi connectivity index (χ4v) is 2.71. The summed E-state index contributed by atoms with van der Waals surface area (Å²) in [6, 6.07) is 9.56. The topological polar surface area (TPSA) is 88.5 Å². The number of carbonyl (C=O) groups excluding carboxylic acids is 1. The molecule has 1 aliphatic heterocycles. The van der Waals surface area contributed by atoms with Crippen LogP contribution in [0.25, 0.3) is 0 Å². The molecule has 1 saturated heterocycles. The smallest absolute Gasteiger partial charge is 0.244 e. The van der Waals surface area contributed by atoms with Gasteiger partial charge in [0.05, 0.1) is 19.1 Å². The number of rotatable bonds is 5. The minimum Gasteiger partial charge on any atom is -0.338 e. The third kappa shape index (κ3) is 2.86. The highest BCUT2D eigenvalue weighted by atomic mass is 16.5. The second-order valence-corrected chi connectivity index (χ2v) is 5.35. The van der Waals surface area contributed by atoms with Gasteiger partial charge in [0, 0.05) is 12.2 Å². The van der Waals surface area contributed by atoms with Crippen LogP contribution in [-0.4, -0.2) is 40.6 Å². The number of nitrogens with zero attached hydrogens (tertiary/aromatic N) is 4. The van der Waals surface area contributed by atoms with Crippen LogP contribution in [-0.2, 0) is 17.9 Å². The van der Waals surface area contributed by atoms with Gasteiger partial charge in [0.2, 0.25) is 11.8 Å². The Morgan fingerprint density at radius 2 is 2.18 bits per heavy atom. The van der Waals surface area contributed by atoms with Gasteiger partial charge in [0.15, 0.2) is 5.82 Å². The Morgan fingerprint density at radius 1 is 1.41 bits per heavy atom. The van der Waals surface area contributed by atoms with Crippen molar-refractivity contribution in [2.75, 3.05) is 18.5 Å². The molecule has 1 aromatic heterocycles. The van der Waals surface area contributed by atoms with Crippen LogP contribution < -0.4 is 10.6 Å². The summed E-state index contributed by atoms with van der Waals surface area (Å²) < 4.78 is 4.99. The summed E-state index contributed by atoms with van der Waals surface area (Å²) >= 11 is 0. The van der Waals surface area contributed by atoms with Crippen LogP contribution in [0.2, 0.25) is 0 Å². The molecule has 7 heteroatoms. The van der Waals surface area contributed by atoms with Gasteiger partial charge in [0.25, 0.3) is 0 Å². The molecule has 0 spiro atoms. The fraction of sp³-hybridized carbons (Fsp3) is 0.400. The number of hydrogen-bond acceptors (Lipinski definition) is 6. The zero-order chi connectivity index (χ0) is 15.5. The first-order chi connectivity index (χ1) is 10.7. The van der Waals surface area contributed by atoms with Crippen molar-refractivity contribution in [2.45, 2.75) is 25.6 Å². The monoisotopic (exact) mass is 301 g/mol. The first kappa shape index (κ1) is 14.7. The van der Waals surface area contributed by atoms with Gasteiger partial charge in [0.1, 0.15) is 0 Å². The van der Waals surface area contributed by atoms with E-state index in [0.717, 1.165) is 18.7 Å². The van der Waals surface area contributed by atoms with Gasteiger partial charge in [-0.3, -0.25) is 9.69 Å². The van der Waals surface area contributed by atoms with E-state index in [0.29, 0.717) is 18.3 Å². The first-order valence-corrected chi connectivity index (χ1v) is 7.27. The minimum absolute atomic E-state index is 0.108.